The summed E-state index contributed by atoms with van der Waals surface area (Å²) in [6, 6.07) is 5.16. The fourth-order valence-corrected chi connectivity index (χ4v) is 5.17. The molecule has 0 radical (unpaired) electrons. The van der Waals surface area contributed by atoms with Crippen molar-refractivity contribution in [2.75, 3.05) is 19.7 Å². The molecule has 2 aromatic heterocycles. The molecule has 0 bridgehead atoms. The Morgan fingerprint density at radius 3 is 2.10 bits per heavy atom. The lowest BCUT2D eigenvalue weighted by atomic mass is 9.86. The monoisotopic (exact) mass is 617 g/mol. The van der Waals surface area contributed by atoms with E-state index in [1.54, 1.807) is 24.5 Å². The Kier molecular flexibility index (Phi) is 11.2. The Labute approximate surface area is 229 Å². The lowest BCUT2D eigenvalue weighted by Crippen LogP contribution is -2.67. The van der Waals surface area contributed by atoms with Crippen molar-refractivity contribution >= 4 is 22.0 Å². The molecule has 2 saturated heterocycles. The van der Waals surface area contributed by atoms with Crippen molar-refractivity contribution in [3.8, 4) is 0 Å². The van der Waals surface area contributed by atoms with Gasteiger partial charge in [-0.25, -0.2) is 18.0 Å². The smallest absolute Gasteiger partial charge is 0.475 e. The number of hydrogen-bond donors (Lipinski definition) is 2. The number of hydrogen-bond acceptors (Lipinski definition) is 8. The van der Waals surface area contributed by atoms with Gasteiger partial charge in [-0.2, -0.15) is 30.6 Å². The van der Waals surface area contributed by atoms with Crippen molar-refractivity contribution in [2.45, 2.75) is 55.3 Å². The van der Waals surface area contributed by atoms with Crippen LogP contribution in [0.15, 0.2) is 47.9 Å². The number of aromatic nitrogens is 2. The number of carboxylic acids is 2. The third kappa shape index (κ3) is 9.91. The van der Waals surface area contributed by atoms with Crippen molar-refractivity contribution in [2.24, 2.45) is 0 Å². The van der Waals surface area contributed by atoms with Crippen LogP contribution < -0.4 is 0 Å². The molecule has 2 aliphatic rings. The van der Waals surface area contributed by atoms with E-state index in [-0.39, 0.29) is 11.0 Å². The number of alkyl halides is 6. The number of aliphatic carboxylic acids is 2. The van der Waals surface area contributed by atoms with E-state index in [9.17, 15) is 34.8 Å². The topological polar surface area (TPSA) is 156 Å². The van der Waals surface area contributed by atoms with Gasteiger partial charge in [0.05, 0.1) is 18.3 Å². The van der Waals surface area contributed by atoms with Gasteiger partial charge in [0.1, 0.15) is 4.90 Å². The maximum atomic E-state index is 12.7. The molecule has 1 spiro atoms. The first-order valence-corrected chi connectivity index (χ1v) is 13.0. The van der Waals surface area contributed by atoms with Gasteiger partial charge in [-0.1, -0.05) is 0 Å². The van der Waals surface area contributed by atoms with Gasteiger partial charge in [0.2, 0.25) is 10.0 Å². The first-order chi connectivity index (χ1) is 18.9. The van der Waals surface area contributed by atoms with E-state index in [0.717, 1.165) is 17.5 Å². The molecule has 228 valence electrons. The summed E-state index contributed by atoms with van der Waals surface area (Å²) in [5, 5.41) is 14.2. The quantitative estimate of drug-likeness (QED) is 0.478. The fourth-order valence-electron chi connectivity index (χ4n) is 3.62. The first kappa shape index (κ1) is 33.9. The van der Waals surface area contributed by atoms with Crippen LogP contribution in [-0.4, -0.2) is 88.6 Å². The Morgan fingerprint density at radius 1 is 1.05 bits per heavy atom. The van der Waals surface area contributed by atoms with E-state index in [0.29, 0.717) is 32.7 Å². The zero-order valence-corrected chi connectivity index (χ0v) is 22.0. The van der Waals surface area contributed by atoms with Gasteiger partial charge in [-0.15, -0.1) is 0 Å². The van der Waals surface area contributed by atoms with E-state index >= 15 is 0 Å². The molecule has 2 aromatic rings. The summed E-state index contributed by atoms with van der Waals surface area (Å²) in [4.78, 5) is 26.1. The Balaban J connectivity index is 0.000000349. The molecular formula is C23H25F6N3O8S. The number of ether oxygens (including phenoxy) is 2. The van der Waals surface area contributed by atoms with Crippen LogP contribution in [0.2, 0.25) is 0 Å². The van der Waals surface area contributed by atoms with Crippen molar-refractivity contribution in [1.82, 2.24) is 14.3 Å². The molecule has 2 N–H and O–H groups in total. The number of pyridine rings is 2. The summed E-state index contributed by atoms with van der Waals surface area (Å²) in [7, 11) is -3.51. The Bertz CT molecular complexity index is 1260. The molecule has 41 heavy (non-hydrogen) atoms. The van der Waals surface area contributed by atoms with E-state index in [1.165, 1.54) is 10.5 Å². The normalized spacial score (nSPS) is 18.7. The molecule has 0 aromatic carbocycles. The molecule has 0 aliphatic carbocycles. The highest BCUT2D eigenvalue weighted by Crippen LogP contribution is 2.38. The standard InChI is InChI=1S/C19H23N3O4S.2C2HF3O2/c1-15-4-7-21-10-16(15)12-25-17-5-8-26-19(9-17)13-22(14-19)27(23,24)18-3-2-6-20-11-18;2*3-2(4,5)1(6)7/h2-4,6-7,10-11,17H,5,8-9,12-14H2,1H3;2*(H,6,7). The molecule has 4 rings (SSSR count). The highest BCUT2D eigenvalue weighted by molar-refractivity contribution is 7.89. The van der Waals surface area contributed by atoms with Gasteiger partial charge < -0.3 is 19.7 Å². The summed E-state index contributed by atoms with van der Waals surface area (Å²) in [5.41, 5.74) is 1.79. The third-order valence-electron chi connectivity index (χ3n) is 5.76. The van der Waals surface area contributed by atoms with Crippen molar-refractivity contribution in [3.05, 3.63) is 54.1 Å². The second kappa shape index (κ2) is 13.5. The molecular weight excluding hydrogens is 592 g/mol. The largest absolute Gasteiger partial charge is 0.490 e. The number of nitrogens with zero attached hydrogens (tertiary/aromatic N) is 3. The number of sulfonamides is 1. The predicted molar refractivity (Wildman–Crippen MR) is 126 cm³/mol. The summed E-state index contributed by atoms with van der Waals surface area (Å²) >= 11 is 0. The SMILES string of the molecule is Cc1ccncc1COC1CCOC2(C1)CN(S(=O)(=O)c1cccnc1)C2.O=C(O)C(F)(F)F.O=C(O)C(F)(F)F. The van der Waals surface area contributed by atoms with Gasteiger partial charge in [-0.05, 0) is 42.7 Å². The second-order valence-corrected chi connectivity index (χ2v) is 10.8. The maximum absolute atomic E-state index is 12.7. The molecule has 1 atom stereocenters. The van der Waals surface area contributed by atoms with Crippen LogP contribution in [0.25, 0.3) is 0 Å². The van der Waals surface area contributed by atoms with Gasteiger partial charge in [-0.3, -0.25) is 9.97 Å². The summed E-state index contributed by atoms with van der Waals surface area (Å²) < 4.78 is 102. The maximum Gasteiger partial charge on any atom is 0.490 e. The van der Waals surface area contributed by atoms with E-state index in [2.05, 4.69) is 9.97 Å². The van der Waals surface area contributed by atoms with Crippen LogP contribution in [0.3, 0.4) is 0 Å². The average Bonchev–Trinajstić information content (AvgIpc) is 2.87. The van der Waals surface area contributed by atoms with Crippen LogP contribution in [0.4, 0.5) is 26.3 Å². The minimum absolute atomic E-state index is 0.0570. The van der Waals surface area contributed by atoms with Gasteiger partial charge in [0, 0.05) is 50.9 Å². The third-order valence-corrected chi connectivity index (χ3v) is 7.53. The molecule has 2 aliphatic heterocycles. The number of halogens is 6. The van der Waals surface area contributed by atoms with E-state index < -0.39 is 39.9 Å². The zero-order chi connectivity index (χ0) is 31.1. The number of carboxylic acid groups (broad SMARTS) is 2. The van der Waals surface area contributed by atoms with Gasteiger partial charge in [0.25, 0.3) is 0 Å². The first-order valence-electron chi connectivity index (χ1n) is 11.5. The zero-order valence-electron chi connectivity index (χ0n) is 21.2. The molecule has 0 amide bonds. The molecule has 11 nitrogen and oxygen atoms in total. The van der Waals surface area contributed by atoms with Crippen molar-refractivity contribution in [3.63, 3.8) is 0 Å². The summed E-state index contributed by atoms with van der Waals surface area (Å²) in [6.45, 7) is 3.85. The second-order valence-electron chi connectivity index (χ2n) is 8.83. The number of carbonyl (C=O) groups is 2. The number of aryl methyl sites for hydroxylation is 1. The van der Waals surface area contributed by atoms with Crippen LogP contribution in [-0.2, 0) is 35.7 Å². The van der Waals surface area contributed by atoms with Crippen LogP contribution in [0, 0.1) is 6.92 Å². The minimum Gasteiger partial charge on any atom is -0.475 e. The fraction of sp³-hybridized carbons (Fsp3) is 0.478. The molecule has 18 heteroatoms. The Morgan fingerprint density at radius 2 is 1.61 bits per heavy atom. The molecule has 4 heterocycles. The van der Waals surface area contributed by atoms with Crippen LogP contribution in [0.5, 0.6) is 0 Å². The van der Waals surface area contributed by atoms with Crippen molar-refractivity contribution < 1.29 is 64.0 Å². The highest BCUT2D eigenvalue weighted by Gasteiger charge is 2.52. The summed E-state index contributed by atoms with van der Waals surface area (Å²) in [6.07, 6.45) is -2.05. The predicted octanol–water partition coefficient (Wildman–Crippen LogP) is 3.19. The lowest BCUT2D eigenvalue weighted by molar-refractivity contribution is -0.193. The van der Waals surface area contributed by atoms with Gasteiger partial charge in [0.15, 0.2) is 0 Å². The summed E-state index contributed by atoms with van der Waals surface area (Å²) in [5.74, 6) is -5.51. The molecule has 1 unspecified atom stereocenters. The lowest BCUT2D eigenvalue weighted by Gasteiger charge is -2.52. The van der Waals surface area contributed by atoms with E-state index in [1.807, 2.05) is 19.2 Å². The minimum atomic E-state index is -5.08. The average molecular weight is 618 g/mol. The molecule has 0 saturated carbocycles. The Hall–Kier alpha value is -3.35. The van der Waals surface area contributed by atoms with Gasteiger partial charge >= 0.3 is 24.3 Å². The van der Waals surface area contributed by atoms with Crippen LogP contribution in [0.1, 0.15) is 24.0 Å². The highest BCUT2D eigenvalue weighted by atomic mass is 32.2. The van der Waals surface area contributed by atoms with Crippen molar-refractivity contribution in [1.29, 1.82) is 0 Å². The molecule has 2 fully saturated rings. The van der Waals surface area contributed by atoms with E-state index in [4.69, 9.17) is 29.3 Å². The van der Waals surface area contributed by atoms with Crippen LogP contribution >= 0.6 is 0 Å². The number of rotatable bonds is 5.